The Kier molecular flexibility index (Phi) is 4.37. The summed E-state index contributed by atoms with van der Waals surface area (Å²) in [4.78, 5) is 19.4. The Morgan fingerprint density at radius 2 is 2.38 bits per heavy atom. The molecule has 1 aliphatic heterocycles. The van der Waals surface area contributed by atoms with E-state index in [-0.39, 0.29) is 12.0 Å². The van der Waals surface area contributed by atoms with Gasteiger partial charge in [0.05, 0.1) is 16.5 Å². The lowest BCUT2D eigenvalue weighted by Gasteiger charge is -2.37. The van der Waals surface area contributed by atoms with Crippen LogP contribution in [0.3, 0.4) is 0 Å². The van der Waals surface area contributed by atoms with Gasteiger partial charge in [-0.2, -0.15) is 0 Å². The van der Waals surface area contributed by atoms with E-state index in [1.54, 1.807) is 22.7 Å². The number of aliphatic carboxylic acids is 1. The topological polar surface area (TPSA) is 53.4 Å². The van der Waals surface area contributed by atoms with Crippen LogP contribution in [0.2, 0.25) is 0 Å². The number of carboxylic acid groups (broad SMARTS) is 1. The largest absolute Gasteiger partial charge is 0.481 e. The van der Waals surface area contributed by atoms with Gasteiger partial charge in [-0.15, -0.1) is 22.7 Å². The van der Waals surface area contributed by atoms with Crippen molar-refractivity contribution in [3.8, 4) is 9.88 Å². The van der Waals surface area contributed by atoms with Gasteiger partial charge < -0.3 is 5.11 Å². The molecule has 2 atom stereocenters. The summed E-state index contributed by atoms with van der Waals surface area (Å²) in [5.41, 5.74) is 1.04. The molecule has 21 heavy (non-hydrogen) atoms. The highest BCUT2D eigenvalue weighted by Crippen LogP contribution is 2.30. The van der Waals surface area contributed by atoms with Crippen molar-refractivity contribution in [1.82, 2.24) is 9.88 Å². The zero-order valence-corrected chi connectivity index (χ0v) is 13.5. The number of thiophene rings is 1. The second-order valence-corrected chi connectivity index (χ2v) is 7.23. The van der Waals surface area contributed by atoms with Gasteiger partial charge in [0.25, 0.3) is 0 Å². The van der Waals surface area contributed by atoms with Crippen molar-refractivity contribution in [2.75, 3.05) is 6.54 Å². The average molecular weight is 322 g/mol. The van der Waals surface area contributed by atoms with Crippen molar-refractivity contribution in [1.29, 1.82) is 0 Å². The van der Waals surface area contributed by atoms with Crippen LogP contribution in [0.5, 0.6) is 0 Å². The summed E-state index contributed by atoms with van der Waals surface area (Å²) in [5, 5.41) is 14.5. The maximum Gasteiger partial charge on any atom is 0.308 e. The number of rotatable bonds is 4. The third-order valence-corrected chi connectivity index (χ3v) is 6.01. The number of aromatic nitrogens is 1. The van der Waals surface area contributed by atoms with E-state index < -0.39 is 5.97 Å². The quantitative estimate of drug-likeness (QED) is 0.935. The molecule has 0 unspecified atom stereocenters. The first-order valence-electron chi connectivity index (χ1n) is 7.10. The molecular formula is C15H18N2O2S2. The van der Waals surface area contributed by atoms with E-state index in [1.165, 1.54) is 4.88 Å². The molecular weight excluding hydrogens is 304 g/mol. The van der Waals surface area contributed by atoms with Crippen LogP contribution < -0.4 is 0 Å². The summed E-state index contributed by atoms with van der Waals surface area (Å²) < 4.78 is 0. The van der Waals surface area contributed by atoms with Crippen molar-refractivity contribution in [3.63, 3.8) is 0 Å². The molecule has 6 heteroatoms. The Hall–Kier alpha value is -1.24. The van der Waals surface area contributed by atoms with Crippen molar-refractivity contribution in [2.24, 2.45) is 5.92 Å². The molecule has 3 rings (SSSR count). The van der Waals surface area contributed by atoms with E-state index in [9.17, 15) is 9.90 Å². The van der Waals surface area contributed by atoms with Crippen LogP contribution in [-0.2, 0) is 11.3 Å². The highest BCUT2D eigenvalue weighted by molar-refractivity contribution is 7.20. The van der Waals surface area contributed by atoms with Crippen LogP contribution in [0.15, 0.2) is 22.9 Å². The lowest BCUT2D eigenvalue weighted by Crippen LogP contribution is -2.45. The number of likely N-dealkylation sites (tertiary alicyclic amines) is 1. The molecule has 2 aromatic rings. The fourth-order valence-corrected chi connectivity index (χ4v) is 4.49. The molecule has 0 aromatic carbocycles. The monoisotopic (exact) mass is 322 g/mol. The van der Waals surface area contributed by atoms with Crippen LogP contribution in [0.25, 0.3) is 9.88 Å². The molecule has 112 valence electrons. The maximum atomic E-state index is 11.3. The summed E-state index contributed by atoms with van der Waals surface area (Å²) in [7, 11) is 0. The van der Waals surface area contributed by atoms with Crippen molar-refractivity contribution in [2.45, 2.75) is 32.4 Å². The number of hydrogen-bond acceptors (Lipinski definition) is 5. The SMILES string of the molecule is C[C@@H]1[C@H](C(=O)O)CCCN1Cc1csc(-c2cccs2)n1. The molecule has 3 heterocycles. The first-order valence-corrected chi connectivity index (χ1v) is 8.86. The Balaban J connectivity index is 1.70. The van der Waals surface area contributed by atoms with Crippen LogP contribution in [0.4, 0.5) is 0 Å². The van der Waals surface area contributed by atoms with Crippen LogP contribution >= 0.6 is 22.7 Å². The Bertz CT molecular complexity index is 609. The smallest absolute Gasteiger partial charge is 0.308 e. The Morgan fingerprint density at radius 3 is 3.10 bits per heavy atom. The van der Waals surface area contributed by atoms with E-state index in [0.717, 1.165) is 36.6 Å². The normalized spacial score (nSPS) is 23.3. The number of piperidine rings is 1. The number of hydrogen-bond donors (Lipinski definition) is 1. The first kappa shape index (κ1) is 14.7. The summed E-state index contributed by atoms with van der Waals surface area (Å²) in [6.07, 6.45) is 1.73. The molecule has 4 nitrogen and oxygen atoms in total. The minimum Gasteiger partial charge on any atom is -0.481 e. The number of carboxylic acids is 1. The van der Waals surface area contributed by atoms with Gasteiger partial charge in [0.2, 0.25) is 0 Å². The van der Waals surface area contributed by atoms with Gasteiger partial charge in [0.1, 0.15) is 5.01 Å². The van der Waals surface area contributed by atoms with E-state index in [1.807, 2.05) is 13.0 Å². The van der Waals surface area contributed by atoms with Gasteiger partial charge in [-0.25, -0.2) is 4.98 Å². The third kappa shape index (κ3) is 3.17. The predicted octanol–water partition coefficient (Wildman–Crippen LogP) is 3.56. The molecule has 1 saturated heterocycles. The predicted molar refractivity (Wildman–Crippen MR) is 85.7 cm³/mol. The molecule has 0 bridgehead atoms. The average Bonchev–Trinajstić information content (AvgIpc) is 3.11. The third-order valence-electron chi connectivity index (χ3n) is 4.08. The van der Waals surface area contributed by atoms with Gasteiger partial charge in [0.15, 0.2) is 0 Å². The maximum absolute atomic E-state index is 11.3. The highest BCUT2D eigenvalue weighted by atomic mass is 32.1. The standard InChI is InChI=1S/C15H18N2O2S2/c1-10-12(15(18)19)4-2-6-17(10)8-11-9-21-14(16-11)13-5-3-7-20-13/h3,5,7,9-10,12H,2,4,6,8H2,1H3,(H,18,19)/t10-,12-/m1/s1. The number of carbonyl (C=O) groups is 1. The summed E-state index contributed by atoms with van der Waals surface area (Å²) in [6, 6.07) is 4.19. The summed E-state index contributed by atoms with van der Waals surface area (Å²) >= 11 is 3.36. The van der Waals surface area contributed by atoms with E-state index in [2.05, 4.69) is 21.7 Å². The van der Waals surface area contributed by atoms with E-state index in [4.69, 9.17) is 4.98 Å². The zero-order chi connectivity index (χ0) is 14.8. The van der Waals surface area contributed by atoms with Gasteiger partial charge in [-0.1, -0.05) is 6.07 Å². The lowest BCUT2D eigenvalue weighted by molar-refractivity contribution is -0.145. The molecule has 0 aliphatic carbocycles. The molecule has 0 spiro atoms. The highest BCUT2D eigenvalue weighted by Gasteiger charge is 2.32. The second-order valence-electron chi connectivity index (χ2n) is 5.42. The van der Waals surface area contributed by atoms with E-state index >= 15 is 0 Å². The van der Waals surface area contributed by atoms with Gasteiger partial charge >= 0.3 is 5.97 Å². The minimum absolute atomic E-state index is 0.0723. The minimum atomic E-state index is -0.676. The molecule has 0 saturated carbocycles. The first-order chi connectivity index (χ1) is 10.1. The molecule has 2 aromatic heterocycles. The lowest BCUT2D eigenvalue weighted by atomic mass is 9.90. The van der Waals surface area contributed by atoms with Crippen molar-refractivity contribution >= 4 is 28.6 Å². The number of nitrogens with zero attached hydrogens (tertiary/aromatic N) is 2. The molecule has 0 radical (unpaired) electrons. The van der Waals surface area contributed by atoms with Crippen molar-refractivity contribution < 1.29 is 9.90 Å². The Labute approximate surface area is 132 Å². The fraction of sp³-hybridized carbons (Fsp3) is 0.467. The van der Waals surface area contributed by atoms with Gasteiger partial charge in [0, 0.05) is 18.0 Å². The van der Waals surface area contributed by atoms with Gasteiger partial charge in [-0.05, 0) is 37.8 Å². The van der Waals surface area contributed by atoms with Crippen LogP contribution in [-0.4, -0.2) is 33.5 Å². The molecule has 1 N–H and O–H groups in total. The number of thiazole rings is 1. The second kappa shape index (κ2) is 6.25. The van der Waals surface area contributed by atoms with Crippen LogP contribution in [0.1, 0.15) is 25.5 Å². The molecule has 1 fully saturated rings. The van der Waals surface area contributed by atoms with E-state index in [0.29, 0.717) is 0 Å². The Morgan fingerprint density at radius 1 is 1.52 bits per heavy atom. The van der Waals surface area contributed by atoms with Crippen LogP contribution in [0, 0.1) is 5.92 Å². The zero-order valence-electron chi connectivity index (χ0n) is 11.9. The molecule has 1 aliphatic rings. The fourth-order valence-electron chi connectivity index (χ4n) is 2.87. The summed E-state index contributed by atoms with van der Waals surface area (Å²) in [6.45, 7) is 3.72. The van der Waals surface area contributed by atoms with Gasteiger partial charge in [-0.3, -0.25) is 9.69 Å². The summed E-state index contributed by atoms with van der Waals surface area (Å²) in [5.74, 6) is -0.932. The van der Waals surface area contributed by atoms with Crippen molar-refractivity contribution in [3.05, 3.63) is 28.6 Å². The molecule has 0 amide bonds.